The van der Waals surface area contributed by atoms with Crippen molar-refractivity contribution in [2.75, 3.05) is 5.43 Å². The highest BCUT2D eigenvalue weighted by Crippen LogP contribution is 2.33. The molecule has 0 saturated heterocycles. The number of benzene rings is 1. The summed E-state index contributed by atoms with van der Waals surface area (Å²) in [5, 5.41) is 25.8. The first kappa shape index (κ1) is 19.0. The van der Waals surface area contributed by atoms with Gasteiger partial charge >= 0.3 is 5.69 Å². The lowest BCUT2D eigenvalue weighted by molar-refractivity contribution is -0.393. The van der Waals surface area contributed by atoms with Crippen LogP contribution in [0.25, 0.3) is 10.4 Å². The zero-order valence-electron chi connectivity index (χ0n) is 14.6. The van der Waals surface area contributed by atoms with Crippen LogP contribution in [0.15, 0.2) is 34.9 Å². The van der Waals surface area contributed by atoms with E-state index >= 15 is 0 Å². The average molecular weight is 403 g/mol. The molecule has 2 N–H and O–H groups in total. The Bertz CT molecular complexity index is 1070. The van der Waals surface area contributed by atoms with Gasteiger partial charge in [0.15, 0.2) is 0 Å². The summed E-state index contributed by atoms with van der Waals surface area (Å²) in [4.78, 5) is 33.9. The van der Waals surface area contributed by atoms with Gasteiger partial charge in [0, 0.05) is 10.9 Å². The molecule has 2 heterocycles. The molecular formula is C16H13N5O6S. The molecule has 0 radical (unpaired) electrons. The van der Waals surface area contributed by atoms with Crippen LogP contribution in [0.1, 0.15) is 21.1 Å². The molecule has 12 heteroatoms. The number of carbonyl (C=O) groups is 1. The molecule has 3 rings (SSSR count). The van der Waals surface area contributed by atoms with Gasteiger partial charge in [-0.25, -0.2) is 0 Å². The topological polar surface area (TPSA) is 153 Å². The largest absolute Gasteiger partial charge is 0.361 e. The number of rotatable bonds is 6. The number of hydrogen-bond acceptors (Lipinski definition) is 9. The number of aryl methyl sites for hydroxylation is 2. The van der Waals surface area contributed by atoms with Crippen molar-refractivity contribution in [1.82, 2.24) is 10.6 Å². The van der Waals surface area contributed by atoms with Crippen molar-refractivity contribution in [1.29, 1.82) is 0 Å². The Morgan fingerprint density at radius 2 is 1.89 bits per heavy atom. The first-order valence-corrected chi connectivity index (χ1v) is 8.62. The summed E-state index contributed by atoms with van der Waals surface area (Å²) in [7, 11) is 0. The van der Waals surface area contributed by atoms with Gasteiger partial charge in [0.1, 0.15) is 11.4 Å². The third kappa shape index (κ3) is 3.66. The number of anilines is 1. The zero-order chi connectivity index (χ0) is 20.4. The van der Waals surface area contributed by atoms with Crippen LogP contribution in [-0.2, 0) is 0 Å². The van der Waals surface area contributed by atoms with E-state index in [0.717, 1.165) is 28.6 Å². The highest BCUT2D eigenvalue weighted by atomic mass is 32.1. The fourth-order valence-corrected chi connectivity index (χ4v) is 3.55. The van der Waals surface area contributed by atoms with Crippen molar-refractivity contribution in [3.8, 4) is 10.4 Å². The Morgan fingerprint density at radius 1 is 1.14 bits per heavy atom. The van der Waals surface area contributed by atoms with Crippen molar-refractivity contribution < 1.29 is 19.2 Å². The fourth-order valence-electron chi connectivity index (χ4n) is 2.51. The van der Waals surface area contributed by atoms with Crippen LogP contribution in [0.2, 0.25) is 0 Å². The number of non-ortho nitro benzene ring substituents is 1. The minimum absolute atomic E-state index is 0.0774. The average Bonchev–Trinajstić information content (AvgIpc) is 3.25. The summed E-state index contributed by atoms with van der Waals surface area (Å²) in [5.74, 6) is 0.113. The van der Waals surface area contributed by atoms with E-state index in [1.165, 1.54) is 11.3 Å². The fraction of sp³-hybridized carbons (Fsp3) is 0.125. The van der Waals surface area contributed by atoms with E-state index in [4.69, 9.17) is 4.52 Å². The molecule has 2 aromatic heterocycles. The van der Waals surface area contributed by atoms with E-state index in [0.29, 0.717) is 16.3 Å². The van der Waals surface area contributed by atoms with Crippen LogP contribution < -0.4 is 10.9 Å². The Labute approximate surface area is 161 Å². The van der Waals surface area contributed by atoms with Gasteiger partial charge in [-0.15, -0.1) is 11.3 Å². The summed E-state index contributed by atoms with van der Waals surface area (Å²) in [6.45, 7) is 3.56. The van der Waals surface area contributed by atoms with E-state index in [2.05, 4.69) is 16.0 Å². The summed E-state index contributed by atoms with van der Waals surface area (Å²) >= 11 is 1.20. The molecule has 0 fully saturated rings. The Morgan fingerprint density at radius 3 is 2.50 bits per heavy atom. The monoisotopic (exact) mass is 403 g/mol. The number of nitro groups is 2. The van der Waals surface area contributed by atoms with Crippen molar-refractivity contribution in [3.05, 3.63) is 66.9 Å². The van der Waals surface area contributed by atoms with Gasteiger partial charge in [0.05, 0.1) is 32.0 Å². The number of hydrazine groups is 1. The molecule has 144 valence electrons. The number of nitro benzene ring substituents is 2. The van der Waals surface area contributed by atoms with Gasteiger partial charge in [0.25, 0.3) is 11.6 Å². The predicted molar refractivity (Wildman–Crippen MR) is 100 cm³/mol. The summed E-state index contributed by atoms with van der Waals surface area (Å²) in [6, 6.07) is 6.42. The minimum Gasteiger partial charge on any atom is -0.361 e. The van der Waals surface area contributed by atoms with Crippen molar-refractivity contribution in [3.63, 3.8) is 0 Å². The quantitative estimate of drug-likeness (QED) is 0.467. The second-order valence-electron chi connectivity index (χ2n) is 5.66. The number of carbonyl (C=O) groups excluding carboxylic acids is 1. The third-order valence-corrected chi connectivity index (χ3v) is 4.91. The first-order valence-electron chi connectivity index (χ1n) is 7.80. The van der Waals surface area contributed by atoms with Gasteiger partial charge in [-0.3, -0.25) is 35.9 Å². The smallest absolute Gasteiger partial charge is 0.300 e. The standard InChI is InChI=1S/C16H13N5O6S/c1-8-15(9(2)27-19-8)13-5-6-14(28-13)16(22)18-17-11-4-3-10(20(23)24)7-12(11)21(25)26/h3-7,17H,1-2H3,(H,18,22). The van der Waals surface area contributed by atoms with E-state index in [9.17, 15) is 25.0 Å². The highest BCUT2D eigenvalue weighted by Gasteiger charge is 2.21. The summed E-state index contributed by atoms with van der Waals surface area (Å²) in [5.41, 5.74) is 5.27. The zero-order valence-corrected chi connectivity index (χ0v) is 15.4. The first-order chi connectivity index (χ1) is 13.3. The van der Waals surface area contributed by atoms with Gasteiger partial charge in [-0.2, -0.15) is 0 Å². The third-order valence-electron chi connectivity index (χ3n) is 3.81. The lowest BCUT2D eigenvalue weighted by Gasteiger charge is -2.07. The van der Waals surface area contributed by atoms with Gasteiger partial charge < -0.3 is 4.52 Å². The highest BCUT2D eigenvalue weighted by molar-refractivity contribution is 7.17. The molecule has 3 aromatic rings. The number of nitrogens with one attached hydrogen (secondary N) is 2. The molecule has 1 amide bonds. The molecule has 0 spiro atoms. The van der Waals surface area contributed by atoms with Crippen molar-refractivity contribution >= 4 is 34.3 Å². The van der Waals surface area contributed by atoms with Crippen LogP contribution >= 0.6 is 11.3 Å². The van der Waals surface area contributed by atoms with E-state index in [-0.39, 0.29) is 5.69 Å². The Hall–Kier alpha value is -3.80. The van der Waals surface area contributed by atoms with Crippen LogP contribution in [0.3, 0.4) is 0 Å². The van der Waals surface area contributed by atoms with Gasteiger partial charge in [-0.1, -0.05) is 5.16 Å². The molecule has 0 aliphatic carbocycles. The molecular weight excluding hydrogens is 390 g/mol. The second kappa shape index (κ2) is 7.44. The molecule has 0 unspecified atom stereocenters. The minimum atomic E-state index is -0.776. The molecule has 0 saturated carbocycles. The maximum absolute atomic E-state index is 12.3. The van der Waals surface area contributed by atoms with Crippen LogP contribution in [0, 0.1) is 34.1 Å². The van der Waals surface area contributed by atoms with E-state index < -0.39 is 27.1 Å². The number of thiophene rings is 1. The number of nitrogens with zero attached hydrogens (tertiary/aromatic N) is 3. The molecule has 1 aromatic carbocycles. The summed E-state index contributed by atoms with van der Waals surface area (Å²) in [6.07, 6.45) is 0. The van der Waals surface area contributed by atoms with Crippen LogP contribution in [0.5, 0.6) is 0 Å². The maximum Gasteiger partial charge on any atom is 0.300 e. The van der Waals surface area contributed by atoms with Crippen molar-refractivity contribution in [2.24, 2.45) is 0 Å². The molecule has 11 nitrogen and oxygen atoms in total. The van der Waals surface area contributed by atoms with Crippen LogP contribution in [0.4, 0.5) is 17.1 Å². The Kier molecular flexibility index (Phi) is 5.04. The molecule has 0 aliphatic rings. The van der Waals surface area contributed by atoms with Gasteiger partial charge in [-0.05, 0) is 32.0 Å². The van der Waals surface area contributed by atoms with Crippen molar-refractivity contribution in [2.45, 2.75) is 13.8 Å². The van der Waals surface area contributed by atoms with E-state index in [1.807, 2.05) is 0 Å². The lowest BCUT2D eigenvalue weighted by Crippen LogP contribution is -2.29. The predicted octanol–water partition coefficient (Wildman–Crippen LogP) is 3.59. The van der Waals surface area contributed by atoms with Gasteiger partial charge in [0.2, 0.25) is 0 Å². The normalized spacial score (nSPS) is 10.5. The SMILES string of the molecule is Cc1noc(C)c1-c1ccc(C(=O)NNc2ccc([N+](=O)[O-])cc2[N+](=O)[O-])s1. The summed E-state index contributed by atoms with van der Waals surface area (Å²) < 4.78 is 5.12. The number of aromatic nitrogens is 1. The maximum atomic E-state index is 12.3. The molecule has 28 heavy (non-hydrogen) atoms. The number of amides is 1. The van der Waals surface area contributed by atoms with E-state index in [1.54, 1.807) is 26.0 Å². The second-order valence-corrected chi connectivity index (χ2v) is 6.74. The molecule has 0 atom stereocenters. The number of hydrogen-bond donors (Lipinski definition) is 2. The lowest BCUT2D eigenvalue weighted by atomic mass is 10.2. The van der Waals surface area contributed by atoms with Crippen LogP contribution in [-0.4, -0.2) is 20.9 Å². The Balaban J connectivity index is 1.76. The molecule has 0 aliphatic heterocycles. The molecule has 0 bridgehead atoms.